The molecule has 0 bridgehead atoms. The standard InChI is InChI=1S/C14H18N2O5/c15-12(17)9-11(14(19)20)16-13(18)7-4-8-21-10-5-2-1-3-6-10/h1-3,5-6,11H,4,7-9H2,(H2,15,17)(H,16,18)(H,19,20)/t11-/m0/s1. The zero-order chi connectivity index (χ0) is 15.7. The van der Waals surface area contributed by atoms with Crippen molar-refractivity contribution in [3.63, 3.8) is 0 Å². The molecule has 7 heteroatoms. The fourth-order valence-corrected chi connectivity index (χ4v) is 1.61. The van der Waals surface area contributed by atoms with Crippen LogP contribution in [-0.4, -0.2) is 35.5 Å². The number of carboxylic acid groups (broad SMARTS) is 1. The lowest BCUT2D eigenvalue weighted by Crippen LogP contribution is -2.43. The molecular weight excluding hydrogens is 276 g/mol. The number of aliphatic carboxylic acids is 1. The summed E-state index contributed by atoms with van der Waals surface area (Å²) in [5.74, 6) is -1.83. The molecule has 114 valence electrons. The average molecular weight is 294 g/mol. The van der Waals surface area contributed by atoms with Crippen LogP contribution in [-0.2, 0) is 14.4 Å². The van der Waals surface area contributed by atoms with Gasteiger partial charge in [0.25, 0.3) is 0 Å². The zero-order valence-corrected chi connectivity index (χ0v) is 11.5. The van der Waals surface area contributed by atoms with Crippen molar-refractivity contribution in [3.05, 3.63) is 30.3 Å². The summed E-state index contributed by atoms with van der Waals surface area (Å²) in [6.07, 6.45) is 0.112. The molecule has 0 aliphatic rings. The summed E-state index contributed by atoms with van der Waals surface area (Å²) in [5, 5.41) is 11.1. The van der Waals surface area contributed by atoms with Crippen LogP contribution >= 0.6 is 0 Å². The van der Waals surface area contributed by atoms with Crippen LogP contribution in [0.15, 0.2) is 30.3 Å². The number of amides is 2. The molecule has 0 spiro atoms. The molecule has 7 nitrogen and oxygen atoms in total. The molecule has 1 aromatic rings. The van der Waals surface area contributed by atoms with Crippen LogP contribution in [0.1, 0.15) is 19.3 Å². The molecule has 21 heavy (non-hydrogen) atoms. The molecule has 1 rings (SSSR count). The van der Waals surface area contributed by atoms with E-state index in [4.69, 9.17) is 15.6 Å². The van der Waals surface area contributed by atoms with E-state index in [1.165, 1.54) is 0 Å². The Hall–Kier alpha value is -2.57. The largest absolute Gasteiger partial charge is 0.494 e. The lowest BCUT2D eigenvalue weighted by atomic mass is 10.2. The molecule has 4 N–H and O–H groups in total. The van der Waals surface area contributed by atoms with E-state index in [9.17, 15) is 14.4 Å². The fourth-order valence-electron chi connectivity index (χ4n) is 1.61. The van der Waals surface area contributed by atoms with Crippen molar-refractivity contribution >= 4 is 17.8 Å². The summed E-state index contributed by atoms with van der Waals surface area (Å²) in [5.41, 5.74) is 4.92. The number of benzene rings is 1. The molecule has 1 aromatic carbocycles. The number of carbonyl (C=O) groups is 3. The van der Waals surface area contributed by atoms with Gasteiger partial charge in [-0.3, -0.25) is 9.59 Å². The Morgan fingerprint density at radius 1 is 1.24 bits per heavy atom. The molecule has 0 aromatic heterocycles. The highest BCUT2D eigenvalue weighted by Gasteiger charge is 2.21. The van der Waals surface area contributed by atoms with E-state index in [1.54, 1.807) is 12.1 Å². The van der Waals surface area contributed by atoms with E-state index in [0.29, 0.717) is 18.8 Å². The van der Waals surface area contributed by atoms with E-state index in [1.807, 2.05) is 18.2 Å². The lowest BCUT2D eigenvalue weighted by molar-refractivity contribution is -0.143. The fraction of sp³-hybridized carbons (Fsp3) is 0.357. The lowest BCUT2D eigenvalue weighted by Gasteiger charge is -2.12. The summed E-state index contributed by atoms with van der Waals surface area (Å²) in [4.78, 5) is 33.1. The topological polar surface area (TPSA) is 119 Å². The maximum atomic E-state index is 11.6. The average Bonchev–Trinajstić information content (AvgIpc) is 2.43. The molecule has 0 aliphatic carbocycles. The first-order chi connectivity index (χ1) is 9.99. The number of hydrogen-bond donors (Lipinski definition) is 3. The number of hydrogen-bond acceptors (Lipinski definition) is 4. The van der Waals surface area contributed by atoms with Crippen molar-refractivity contribution in [2.45, 2.75) is 25.3 Å². The number of rotatable bonds is 9. The first-order valence-electron chi connectivity index (χ1n) is 6.47. The highest BCUT2D eigenvalue weighted by Crippen LogP contribution is 2.08. The number of nitrogens with two attached hydrogens (primary N) is 1. The van der Waals surface area contributed by atoms with Crippen LogP contribution < -0.4 is 15.8 Å². The third-order valence-corrected chi connectivity index (χ3v) is 2.60. The maximum absolute atomic E-state index is 11.6. The van der Waals surface area contributed by atoms with Gasteiger partial charge in [-0.1, -0.05) is 18.2 Å². The highest BCUT2D eigenvalue weighted by molar-refractivity contribution is 5.88. The van der Waals surface area contributed by atoms with Gasteiger partial charge in [0.1, 0.15) is 11.8 Å². The van der Waals surface area contributed by atoms with Crippen molar-refractivity contribution in [2.24, 2.45) is 5.73 Å². The monoisotopic (exact) mass is 294 g/mol. The van der Waals surface area contributed by atoms with Gasteiger partial charge >= 0.3 is 5.97 Å². The Morgan fingerprint density at radius 3 is 2.48 bits per heavy atom. The van der Waals surface area contributed by atoms with E-state index >= 15 is 0 Å². The summed E-state index contributed by atoms with van der Waals surface area (Å²) in [6, 6.07) is 7.85. The minimum atomic E-state index is -1.29. The van der Waals surface area contributed by atoms with Crippen LogP contribution in [0.3, 0.4) is 0 Å². The number of ether oxygens (including phenoxy) is 1. The van der Waals surface area contributed by atoms with Crippen molar-refractivity contribution in [1.82, 2.24) is 5.32 Å². The molecule has 2 amide bonds. The second-order valence-electron chi connectivity index (χ2n) is 4.39. The first kappa shape index (κ1) is 16.5. The van der Waals surface area contributed by atoms with Crippen LogP contribution in [0.2, 0.25) is 0 Å². The number of para-hydroxylation sites is 1. The Labute approximate surface area is 122 Å². The summed E-state index contributed by atoms with van der Waals surface area (Å²) >= 11 is 0. The second-order valence-corrected chi connectivity index (χ2v) is 4.39. The van der Waals surface area contributed by atoms with Gasteiger partial charge in [0.05, 0.1) is 13.0 Å². The molecule has 1 atom stereocenters. The van der Waals surface area contributed by atoms with Gasteiger partial charge < -0.3 is 20.9 Å². The van der Waals surface area contributed by atoms with Crippen molar-refractivity contribution < 1.29 is 24.2 Å². The Balaban J connectivity index is 2.26. The summed E-state index contributed by atoms with van der Waals surface area (Å²) in [7, 11) is 0. The molecule has 0 aliphatic heterocycles. The molecular formula is C14H18N2O5. The van der Waals surface area contributed by atoms with Gasteiger partial charge in [-0.05, 0) is 18.6 Å². The van der Waals surface area contributed by atoms with E-state index < -0.39 is 30.2 Å². The second kappa shape index (κ2) is 8.57. The van der Waals surface area contributed by atoms with Gasteiger partial charge in [-0.15, -0.1) is 0 Å². The minimum absolute atomic E-state index is 0.107. The Bertz CT molecular complexity index is 489. The van der Waals surface area contributed by atoms with Gasteiger partial charge in [-0.25, -0.2) is 4.79 Å². The van der Waals surface area contributed by atoms with Crippen LogP contribution in [0.4, 0.5) is 0 Å². The molecule has 0 saturated heterocycles. The quantitative estimate of drug-likeness (QED) is 0.566. The van der Waals surface area contributed by atoms with Gasteiger partial charge in [0, 0.05) is 6.42 Å². The number of nitrogens with one attached hydrogen (secondary N) is 1. The van der Waals surface area contributed by atoms with Gasteiger partial charge in [0.2, 0.25) is 11.8 Å². The van der Waals surface area contributed by atoms with E-state index in [2.05, 4.69) is 5.32 Å². The SMILES string of the molecule is NC(=O)C[C@H](NC(=O)CCCOc1ccccc1)C(=O)O. The van der Waals surface area contributed by atoms with E-state index in [0.717, 1.165) is 0 Å². The molecule has 0 unspecified atom stereocenters. The molecule has 0 radical (unpaired) electrons. The third-order valence-electron chi connectivity index (χ3n) is 2.60. The van der Waals surface area contributed by atoms with Crippen LogP contribution in [0, 0.1) is 0 Å². The van der Waals surface area contributed by atoms with Crippen molar-refractivity contribution in [2.75, 3.05) is 6.61 Å². The Kier molecular flexibility index (Phi) is 6.73. The predicted molar refractivity (Wildman–Crippen MR) is 74.5 cm³/mol. The van der Waals surface area contributed by atoms with Crippen LogP contribution in [0.25, 0.3) is 0 Å². The van der Waals surface area contributed by atoms with Crippen molar-refractivity contribution in [3.8, 4) is 5.75 Å². The number of primary amides is 1. The molecule has 0 fully saturated rings. The van der Waals surface area contributed by atoms with Gasteiger partial charge in [-0.2, -0.15) is 0 Å². The summed E-state index contributed by atoms with van der Waals surface area (Å²) < 4.78 is 5.40. The van der Waals surface area contributed by atoms with Crippen molar-refractivity contribution in [1.29, 1.82) is 0 Å². The number of carboxylic acids is 1. The molecule has 0 heterocycles. The summed E-state index contributed by atoms with van der Waals surface area (Å²) in [6.45, 7) is 0.338. The minimum Gasteiger partial charge on any atom is -0.494 e. The first-order valence-corrected chi connectivity index (χ1v) is 6.47. The predicted octanol–water partition coefficient (Wildman–Crippen LogP) is 0.290. The zero-order valence-electron chi connectivity index (χ0n) is 11.5. The Morgan fingerprint density at radius 2 is 1.90 bits per heavy atom. The number of carbonyl (C=O) groups excluding carboxylic acids is 2. The van der Waals surface area contributed by atoms with Crippen LogP contribution in [0.5, 0.6) is 5.75 Å². The maximum Gasteiger partial charge on any atom is 0.326 e. The third kappa shape index (κ3) is 6.95. The highest BCUT2D eigenvalue weighted by atomic mass is 16.5. The van der Waals surface area contributed by atoms with Gasteiger partial charge in [0.15, 0.2) is 0 Å². The van der Waals surface area contributed by atoms with E-state index in [-0.39, 0.29) is 6.42 Å². The smallest absolute Gasteiger partial charge is 0.326 e. The normalized spacial score (nSPS) is 11.4. The molecule has 0 saturated carbocycles.